The molecule has 1 N–H and O–H groups in total. The highest BCUT2D eigenvalue weighted by atomic mass is 79.9. The summed E-state index contributed by atoms with van der Waals surface area (Å²) in [5, 5.41) is 8.87. The molecule has 0 amide bonds. The lowest BCUT2D eigenvalue weighted by molar-refractivity contribution is -0.138. The summed E-state index contributed by atoms with van der Waals surface area (Å²) in [6.45, 7) is 1.41. The van der Waals surface area contributed by atoms with E-state index in [9.17, 15) is 22.8 Å². The van der Waals surface area contributed by atoms with Crippen LogP contribution in [-0.4, -0.2) is 21.7 Å². The molecule has 0 aliphatic carbocycles. The summed E-state index contributed by atoms with van der Waals surface area (Å²) in [4.78, 5) is 21.9. The molecule has 1 aromatic rings. The van der Waals surface area contributed by atoms with Crippen LogP contribution in [0.15, 0.2) is 18.2 Å². The zero-order valence-corrected chi connectivity index (χ0v) is 10.7. The van der Waals surface area contributed by atoms with Crippen molar-refractivity contribution in [1.82, 2.24) is 0 Å². The van der Waals surface area contributed by atoms with Gasteiger partial charge < -0.3 is 5.11 Å². The Balaban J connectivity index is 3.55. The molecule has 3 nitrogen and oxygen atoms in total. The summed E-state index contributed by atoms with van der Waals surface area (Å²) < 4.78 is 38.0. The fourth-order valence-corrected chi connectivity index (χ4v) is 1.69. The maximum atomic E-state index is 12.7. The molecule has 98 valence electrons. The van der Waals surface area contributed by atoms with Gasteiger partial charge in [0.25, 0.3) is 0 Å². The SMILES string of the molecule is CC(Br)C(=O)c1cccc(C(F)(F)F)c1C(=O)O. The summed E-state index contributed by atoms with van der Waals surface area (Å²) in [7, 11) is 0. The van der Waals surface area contributed by atoms with Crippen LogP contribution in [0.25, 0.3) is 0 Å². The van der Waals surface area contributed by atoms with Crippen LogP contribution in [0.5, 0.6) is 0 Å². The van der Waals surface area contributed by atoms with E-state index in [1.165, 1.54) is 6.92 Å². The van der Waals surface area contributed by atoms with Crippen molar-refractivity contribution in [2.45, 2.75) is 17.9 Å². The highest BCUT2D eigenvalue weighted by Gasteiger charge is 2.37. The van der Waals surface area contributed by atoms with Crippen molar-refractivity contribution < 1.29 is 27.9 Å². The number of hydrogen-bond acceptors (Lipinski definition) is 2. The summed E-state index contributed by atoms with van der Waals surface area (Å²) in [6.07, 6.45) is -4.82. The van der Waals surface area contributed by atoms with Crippen LogP contribution in [0.1, 0.15) is 33.2 Å². The number of hydrogen-bond donors (Lipinski definition) is 1. The lowest BCUT2D eigenvalue weighted by Gasteiger charge is -2.14. The minimum Gasteiger partial charge on any atom is -0.478 e. The van der Waals surface area contributed by atoms with E-state index in [4.69, 9.17) is 5.11 Å². The number of carbonyl (C=O) groups excluding carboxylic acids is 1. The monoisotopic (exact) mass is 324 g/mol. The molecule has 0 aliphatic rings. The molecule has 1 aromatic carbocycles. The van der Waals surface area contributed by atoms with Crippen LogP contribution in [-0.2, 0) is 6.18 Å². The van der Waals surface area contributed by atoms with Gasteiger partial charge in [-0.05, 0) is 13.0 Å². The van der Waals surface area contributed by atoms with Crippen molar-refractivity contribution in [3.8, 4) is 0 Å². The van der Waals surface area contributed by atoms with Crippen LogP contribution in [0.2, 0.25) is 0 Å². The zero-order chi connectivity index (χ0) is 14.1. The van der Waals surface area contributed by atoms with Gasteiger partial charge in [0, 0.05) is 5.56 Å². The Bertz CT molecular complexity index is 495. The lowest BCUT2D eigenvalue weighted by Crippen LogP contribution is -2.20. The Morgan fingerprint density at radius 3 is 2.28 bits per heavy atom. The fraction of sp³-hybridized carbons (Fsp3) is 0.273. The third-order valence-electron chi connectivity index (χ3n) is 2.21. The van der Waals surface area contributed by atoms with Gasteiger partial charge in [-0.3, -0.25) is 4.79 Å². The third kappa shape index (κ3) is 2.90. The Morgan fingerprint density at radius 2 is 1.89 bits per heavy atom. The largest absolute Gasteiger partial charge is 0.478 e. The van der Waals surface area contributed by atoms with Gasteiger partial charge in [-0.2, -0.15) is 13.2 Å². The zero-order valence-electron chi connectivity index (χ0n) is 9.08. The first-order valence-electron chi connectivity index (χ1n) is 4.78. The molecule has 0 spiro atoms. The Labute approximate surface area is 109 Å². The first-order chi connectivity index (χ1) is 8.16. The Morgan fingerprint density at radius 1 is 1.33 bits per heavy atom. The van der Waals surface area contributed by atoms with Gasteiger partial charge in [0.1, 0.15) is 0 Å². The molecule has 1 unspecified atom stereocenters. The number of aromatic carboxylic acids is 1. The number of rotatable bonds is 3. The summed E-state index contributed by atoms with van der Waals surface area (Å²) in [5.41, 5.74) is -2.79. The number of carboxylic acids is 1. The molecule has 0 saturated heterocycles. The van der Waals surface area contributed by atoms with E-state index < -0.39 is 39.4 Å². The average molecular weight is 325 g/mol. The molecular formula is C11H8BrF3O3. The predicted octanol–water partition coefficient (Wildman–Crippen LogP) is 3.37. The molecule has 7 heteroatoms. The summed E-state index contributed by atoms with van der Waals surface area (Å²) in [6, 6.07) is 2.72. The van der Waals surface area contributed by atoms with E-state index in [0.29, 0.717) is 6.07 Å². The number of halogens is 4. The molecule has 0 radical (unpaired) electrons. The summed E-state index contributed by atoms with van der Waals surface area (Å²) >= 11 is 2.91. The lowest BCUT2D eigenvalue weighted by atomic mass is 9.96. The maximum absolute atomic E-state index is 12.7. The Hall–Kier alpha value is -1.37. The maximum Gasteiger partial charge on any atom is 0.417 e. The molecule has 0 fully saturated rings. The third-order valence-corrected chi connectivity index (χ3v) is 2.63. The van der Waals surface area contributed by atoms with E-state index in [2.05, 4.69) is 15.9 Å². The van der Waals surface area contributed by atoms with Gasteiger partial charge in [-0.15, -0.1) is 0 Å². The second kappa shape index (κ2) is 5.09. The first kappa shape index (κ1) is 14.7. The van der Waals surface area contributed by atoms with E-state index in [-0.39, 0.29) is 0 Å². The molecule has 0 aliphatic heterocycles. The molecule has 18 heavy (non-hydrogen) atoms. The van der Waals surface area contributed by atoms with Crippen molar-refractivity contribution in [1.29, 1.82) is 0 Å². The van der Waals surface area contributed by atoms with Crippen molar-refractivity contribution in [2.75, 3.05) is 0 Å². The highest BCUT2D eigenvalue weighted by Crippen LogP contribution is 2.34. The van der Waals surface area contributed by atoms with Gasteiger partial charge in [0.15, 0.2) is 5.78 Å². The molecule has 0 saturated carbocycles. The molecule has 0 bridgehead atoms. The molecule has 0 aromatic heterocycles. The highest BCUT2D eigenvalue weighted by molar-refractivity contribution is 9.10. The van der Waals surface area contributed by atoms with Crippen molar-refractivity contribution in [2.24, 2.45) is 0 Å². The van der Waals surface area contributed by atoms with Gasteiger partial charge in [-0.1, -0.05) is 28.1 Å². The molecular weight excluding hydrogens is 317 g/mol. The number of benzene rings is 1. The second-order valence-corrected chi connectivity index (χ2v) is 4.88. The van der Waals surface area contributed by atoms with Crippen molar-refractivity contribution in [3.05, 3.63) is 34.9 Å². The smallest absolute Gasteiger partial charge is 0.417 e. The van der Waals surface area contributed by atoms with Crippen LogP contribution in [0, 0.1) is 0 Å². The minimum atomic E-state index is -4.82. The van der Waals surface area contributed by atoms with Crippen molar-refractivity contribution in [3.63, 3.8) is 0 Å². The van der Waals surface area contributed by atoms with Gasteiger partial charge in [-0.25, -0.2) is 4.79 Å². The standard InChI is InChI=1S/C11H8BrF3O3/c1-5(12)9(16)6-3-2-4-7(11(13,14)15)8(6)10(17)18/h2-5H,1H3,(H,17,18). The minimum absolute atomic E-state index is 0.457. The van der Waals surface area contributed by atoms with E-state index in [1.807, 2.05) is 0 Å². The summed E-state index contributed by atoms with van der Waals surface area (Å²) in [5.74, 6) is -2.49. The Kier molecular flexibility index (Phi) is 4.16. The average Bonchev–Trinajstić information content (AvgIpc) is 2.25. The van der Waals surface area contributed by atoms with Crippen LogP contribution in [0.3, 0.4) is 0 Å². The van der Waals surface area contributed by atoms with Gasteiger partial charge in [0.05, 0.1) is 16.0 Å². The number of carbonyl (C=O) groups is 2. The van der Waals surface area contributed by atoms with Crippen LogP contribution >= 0.6 is 15.9 Å². The predicted molar refractivity (Wildman–Crippen MR) is 61.1 cm³/mol. The van der Waals surface area contributed by atoms with E-state index in [0.717, 1.165) is 12.1 Å². The second-order valence-electron chi connectivity index (χ2n) is 3.51. The quantitative estimate of drug-likeness (QED) is 0.685. The van der Waals surface area contributed by atoms with Crippen molar-refractivity contribution >= 4 is 27.7 Å². The normalized spacial score (nSPS) is 13.2. The molecule has 0 heterocycles. The fourth-order valence-electron chi connectivity index (χ4n) is 1.44. The first-order valence-corrected chi connectivity index (χ1v) is 5.69. The topological polar surface area (TPSA) is 54.4 Å². The van der Waals surface area contributed by atoms with Crippen LogP contribution in [0.4, 0.5) is 13.2 Å². The number of Topliss-reactive ketones (excluding diaryl/α,β-unsaturated/α-hetero) is 1. The van der Waals surface area contributed by atoms with Crippen LogP contribution < -0.4 is 0 Å². The number of carboxylic acid groups (broad SMARTS) is 1. The molecule has 1 atom stereocenters. The number of ketones is 1. The van der Waals surface area contributed by atoms with Gasteiger partial charge >= 0.3 is 12.1 Å². The number of alkyl halides is 4. The van der Waals surface area contributed by atoms with E-state index in [1.54, 1.807) is 0 Å². The van der Waals surface area contributed by atoms with Gasteiger partial charge in [0.2, 0.25) is 0 Å². The molecule has 1 rings (SSSR count). The van der Waals surface area contributed by atoms with E-state index >= 15 is 0 Å².